The summed E-state index contributed by atoms with van der Waals surface area (Å²) in [6.45, 7) is 4.67. The second kappa shape index (κ2) is 7.04. The Morgan fingerprint density at radius 2 is 2.20 bits per heavy atom. The van der Waals surface area contributed by atoms with Crippen LogP contribution in [-0.4, -0.2) is 33.4 Å². The van der Waals surface area contributed by atoms with Gasteiger partial charge in [0, 0.05) is 36.1 Å². The monoisotopic (exact) mass is 341 g/mol. The fourth-order valence-electron chi connectivity index (χ4n) is 3.18. The number of aromatic amines is 1. The van der Waals surface area contributed by atoms with Gasteiger partial charge in [-0.05, 0) is 38.3 Å². The summed E-state index contributed by atoms with van der Waals surface area (Å²) in [5, 5.41) is 0. The molecule has 3 N–H and O–H groups in total. The van der Waals surface area contributed by atoms with Gasteiger partial charge in [0.2, 0.25) is 5.91 Å². The third kappa shape index (κ3) is 3.70. The number of rotatable bonds is 4. The van der Waals surface area contributed by atoms with E-state index in [4.69, 9.17) is 5.73 Å². The molecule has 2 aromatic rings. The fourth-order valence-corrected chi connectivity index (χ4v) is 3.18. The van der Waals surface area contributed by atoms with Crippen molar-refractivity contribution >= 4 is 11.7 Å². The van der Waals surface area contributed by atoms with Crippen LogP contribution in [0.1, 0.15) is 32.4 Å². The van der Waals surface area contributed by atoms with Crippen molar-refractivity contribution in [2.45, 2.75) is 39.2 Å². The SMILES string of the molecule is CCc1cc(=O)[nH]c(-c2ccc(N3C[C@@H](C(N)=O)CC[C@@H]3C)nc2)n1. The van der Waals surface area contributed by atoms with Crippen molar-refractivity contribution < 1.29 is 4.79 Å². The van der Waals surface area contributed by atoms with Gasteiger partial charge < -0.3 is 15.6 Å². The maximum Gasteiger partial charge on any atom is 0.251 e. The second-order valence-corrected chi connectivity index (χ2v) is 6.52. The Kier molecular flexibility index (Phi) is 4.83. The lowest BCUT2D eigenvalue weighted by molar-refractivity contribution is -0.122. The summed E-state index contributed by atoms with van der Waals surface area (Å²) in [6, 6.07) is 5.59. The minimum atomic E-state index is -0.258. The highest BCUT2D eigenvalue weighted by Gasteiger charge is 2.29. The van der Waals surface area contributed by atoms with Gasteiger partial charge in [-0.1, -0.05) is 6.92 Å². The van der Waals surface area contributed by atoms with E-state index in [1.54, 1.807) is 6.20 Å². The maximum atomic E-state index is 11.7. The van der Waals surface area contributed by atoms with E-state index in [1.807, 2.05) is 19.1 Å². The van der Waals surface area contributed by atoms with Crippen LogP contribution < -0.4 is 16.2 Å². The van der Waals surface area contributed by atoms with Gasteiger partial charge in [0.25, 0.3) is 5.56 Å². The molecule has 0 aliphatic carbocycles. The highest BCUT2D eigenvalue weighted by Crippen LogP contribution is 2.27. The van der Waals surface area contributed by atoms with E-state index in [9.17, 15) is 9.59 Å². The zero-order valence-electron chi connectivity index (χ0n) is 14.5. The number of hydrogen-bond donors (Lipinski definition) is 2. The minimum absolute atomic E-state index is 0.142. The summed E-state index contributed by atoms with van der Waals surface area (Å²) >= 11 is 0. The molecule has 1 aliphatic rings. The summed E-state index contributed by atoms with van der Waals surface area (Å²) in [5.74, 6) is 0.921. The average Bonchev–Trinajstić information content (AvgIpc) is 2.61. The summed E-state index contributed by atoms with van der Waals surface area (Å²) < 4.78 is 0. The fraction of sp³-hybridized carbons (Fsp3) is 0.444. The number of H-pyrrole nitrogens is 1. The number of nitrogens with one attached hydrogen (secondary N) is 1. The van der Waals surface area contributed by atoms with Gasteiger partial charge in [0.1, 0.15) is 11.6 Å². The number of anilines is 1. The first-order chi connectivity index (χ1) is 12.0. The zero-order valence-corrected chi connectivity index (χ0v) is 14.5. The molecular weight excluding hydrogens is 318 g/mol. The predicted molar refractivity (Wildman–Crippen MR) is 96.2 cm³/mol. The van der Waals surface area contributed by atoms with Crippen LogP contribution in [0.2, 0.25) is 0 Å². The predicted octanol–water partition coefficient (Wildman–Crippen LogP) is 1.48. The Balaban J connectivity index is 1.86. The first kappa shape index (κ1) is 17.1. The molecule has 2 atom stereocenters. The van der Waals surface area contributed by atoms with E-state index in [2.05, 4.69) is 26.8 Å². The molecule has 0 spiro atoms. The molecule has 3 rings (SSSR count). The number of nitrogens with two attached hydrogens (primary N) is 1. The maximum absolute atomic E-state index is 11.7. The molecule has 1 fully saturated rings. The van der Waals surface area contributed by atoms with Crippen molar-refractivity contribution in [1.82, 2.24) is 15.0 Å². The van der Waals surface area contributed by atoms with E-state index < -0.39 is 0 Å². The normalized spacial score (nSPS) is 20.5. The van der Waals surface area contributed by atoms with Crippen LogP contribution in [0.3, 0.4) is 0 Å². The number of aryl methyl sites for hydroxylation is 1. The number of piperidine rings is 1. The van der Waals surface area contributed by atoms with E-state index >= 15 is 0 Å². The number of pyridine rings is 1. The molecule has 2 aromatic heterocycles. The second-order valence-electron chi connectivity index (χ2n) is 6.52. The van der Waals surface area contributed by atoms with Crippen LogP contribution in [0.5, 0.6) is 0 Å². The van der Waals surface area contributed by atoms with E-state index in [0.29, 0.717) is 24.8 Å². The Morgan fingerprint density at radius 1 is 1.40 bits per heavy atom. The van der Waals surface area contributed by atoms with E-state index in [1.165, 1.54) is 6.07 Å². The van der Waals surface area contributed by atoms with Gasteiger partial charge in [-0.2, -0.15) is 0 Å². The van der Waals surface area contributed by atoms with Gasteiger partial charge in [-0.25, -0.2) is 9.97 Å². The van der Waals surface area contributed by atoms with Gasteiger partial charge in [-0.15, -0.1) is 0 Å². The Bertz CT molecular complexity index is 815. The van der Waals surface area contributed by atoms with Crippen LogP contribution in [0, 0.1) is 5.92 Å². The zero-order chi connectivity index (χ0) is 18.0. The molecule has 25 heavy (non-hydrogen) atoms. The molecular formula is C18H23N5O2. The molecule has 1 aliphatic heterocycles. The van der Waals surface area contributed by atoms with Gasteiger partial charge >= 0.3 is 0 Å². The van der Waals surface area contributed by atoms with Crippen molar-refractivity contribution in [1.29, 1.82) is 0 Å². The number of carbonyl (C=O) groups excluding carboxylic acids is 1. The summed E-state index contributed by atoms with van der Waals surface area (Å²) in [5.41, 5.74) is 6.80. The molecule has 1 saturated heterocycles. The molecule has 0 radical (unpaired) electrons. The Morgan fingerprint density at radius 3 is 2.84 bits per heavy atom. The molecule has 0 bridgehead atoms. The lowest BCUT2D eigenvalue weighted by atomic mass is 9.93. The standard InChI is InChI=1S/C18H23N5O2/c1-3-14-8-16(24)22-18(21-14)12-6-7-15(20-9-12)23-10-13(17(19)25)5-4-11(23)2/h6-9,11,13H,3-5,10H2,1-2H3,(H2,19,25)(H,21,22,24)/t11-,13-/m0/s1. The largest absolute Gasteiger partial charge is 0.369 e. The van der Waals surface area contributed by atoms with Crippen molar-refractivity contribution in [2.75, 3.05) is 11.4 Å². The summed E-state index contributed by atoms with van der Waals surface area (Å²) in [7, 11) is 0. The lowest BCUT2D eigenvalue weighted by Crippen LogP contribution is -2.46. The van der Waals surface area contributed by atoms with Gasteiger partial charge in [-0.3, -0.25) is 9.59 Å². The third-order valence-electron chi connectivity index (χ3n) is 4.76. The van der Waals surface area contributed by atoms with Crippen LogP contribution >= 0.6 is 0 Å². The quantitative estimate of drug-likeness (QED) is 0.876. The summed E-state index contributed by atoms with van der Waals surface area (Å²) in [4.78, 5) is 37.1. The van der Waals surface area contributed by atoms with E-state index in [-0.39, 0.29) is 17.4 Å². The Hall–Kier alpha value is -2.70. The molecule has 0 saturated carbocycles. The Labute approximate surface area is 146 Å². The molecule has 3 heterocycles. The van der Waals surface area contributed by atoms with Crippen molar-refractivity contribution in [3.05, 3.63) is 40.4 Å². The molecule has 7 heteroatoms. The molecule has 0 aromatic carbocycles. The number of primary amides is 1. The smallest absolute Gasteiger partial charge is 0.251 e. The number of hydrogen-bond acceptors (Lipinski definition) is 5. The highest BCUT2D eigenvalue weighted by atomic mass is 16.1. The van der Waals surface area contributed by atoms with E-state index in [0.717, 1.165) is 29.9 Å². The van der Waals surface area contributed by atoms with Crippen molar-refractivity contribution in [3.63, 3.8) is 0 Å². The topological polar surface area (TPSA) is 105 Å². The third-order valence-corrected chi connectivity index (χ3v) is 4.76. The van der Waals surface area contributed by atoms with Crippen LogP contribution in [0.4, 0.5) is 5.82 Å². The minimum Gasteiger partial charge on any atom is -0.369 e. The number of aromatic nitrogens is 3. The molecule has 7 nitrogen and oxygen atoms in total. The first-order valence-corrected chi connectivity index (χ1v) is 8.60. The molecule has 0 unspecified atom stereocenters. The highest BCUT2D eigenvalue weighted by molar-refractivity contribution is 5.77. The van der Waals surface area contributed by atoms with Crippen LogP contribution in [0.25, 0.3) is 11.4 Å². The van der Waals surface area contributed by atoms with Crippen LogP contribution in [-0.2, 0) is 11.2 Å². The van der Waals surface area contributed by atoms with Gasteiger partial charge in [0.05, 0.1) is 5.92 Å². The number of carbonyl (C=O) groups is 1. The average molecular weight is 341 g/mol. The van der Waals surface area contributed by atoms with Crippen LogP contribution in [0.15, 0.2) is 29.2 Å². The lowest BCUT2D eigenvalue weighted by Gasteiger charge is -2.37. The molecule has 1 amide bonds. The number of nitrogens with zero attached hydrogens (tertiary/aromatic N) is 3. The first-order valence-electron chi connectivity index (χ1n) is 8.60. The van der Waals surface area contributed by atoms with Crippen molar-refractivity contribution in [2.24, 2.45) is 11.7 Å². The van der Waals surface area contributed by atoms with Gasteiger partial charge in [0.15, 0.2) is 0 Å². The summed E-state index contributed by atoms with van der Waals surface area (Å²) in [6.07, 6.45) is 4.13. The molecule has 132 valence electrons. The number of amides is 1. The van der Waals surface area contributed by atoms with Crippen molar-refractivity contribution in [3.8, 4) is 11.4 Å².